The van der Waals surface area contributed by atoms with Crippen molar-refractivity contribution in [1.82, 2.24) is 0 Å². The molecule has 0 spiro atoms. The standard InChI is InChI=1S/C18H20N2O/c1-14-6-8-17(9-7-14)19-18(21)13-20-11-10-15-4-2-3-5-16(15)12-20/h2-9H,10-13H2,1H3,(H,19,21)/p+1. The van der Waals surface area contributed by atoms with Crippen LogP contribution in [0, 0.1) is 6.92 Å². The first kappa shape index (κ1) is 13.8. The second-order valence-corrected chi connectivity index (χ2v) is 5.79. The molecule has 0 radical (unpaired) electrons. The van der Waals surface area contributed by atoms with E-state index in [0.717, 1.165) is 25.2 Å². The summed E-state index contributed by atoms with van der Waals surface area (Å²) in [6, 6.07) is 16.5. The highest BCUT2D eigenvalue weighted by atomic mass is 16.2. The summed E-state index contributed by atoms with van der Waals surface area (Å²) in [7, 11) is 0. The van der Waals surface area contributed by atoms with Gasteiger partial charge >= 0.3 is 0 Å². The van der Waals surface area contributed by atoms with Crippen molar-refractivity contribution in [3.63, 3.8) is 0 Å². The molecule has 2 N–H and O–H groups in total. The molecular formula is C18H21N2O+. The van der Waals surface area contributed by atoms with Gasteiger partial charge in [0.15, 0.2) is 6.54 Å². The minimum absolute atomic E-state index is 0.0910. The number of anilines is 1. The molecule has 0 saturated heterocycles. The van der Waals surface area contributed by atoms with Crippen molar-refractivity contribution in [3.8, 4) is 0 Å². The molecule has 1 heterocycles. The molecule has 21 heavy (non-hydrogen) atoms. The van der Waals surface area contributed by atoms with Gasteiger partial charge in [0.2, 0.25) is 0 Å². The molecule has 1 unspecified atom stereocenters. The van der Waals surface area contributed by atoms with Gasteiger partial charge in [-0.05, 0) is 24.6 Å². The van der Waals surface area contributed by atoms with Gasteiger partial charge in [-0.3, -0.25) is 4.79 Å². The fourth-order valence-corrected chi connectivity index (χ4v) is 2.86. The van der Waals surface area contributed by atoms with E-state index in [-0.39, 0.29) is 5.91 Å². The smallest absolute Gasteiger partial charge is 0.279 e. The number of hydrogen-bond donors (Lipinski definition) is 2. The van der Waals surface area contributed by atoms with E-state index in [9.17, 15) is 4.79 Å². The Hall–Kier alpha value is -2.13. The van der Waals surface area contributed by atoms with E-state index in [1.165, 1.54) is 21.6 Å². The van der Waals surface area contributed by atoms with Crippen LogP contribution in [0.4, 0.5) is 5.69 Å². The summed E-state index contributed by atoms with van der Waals surface area (Å²) in [5.41, 5.74) is 4.88. The van der Waals surface area contributed by atoms with Crippen LogP contribution in [-0.4, -0.2) is 19.0 Å². The molecule has 0 aromatic heterocycles. The average molecular weight is 281 g/mol. The summed E-state index contributed by atoms with van der Waals surface area (Å²) in [4.78, 5) is 13.5. The van der Waals surface area contributed by atoms with Gasteiger partial charge in [0.25, 0.3) is 5.91 Å². The second kappa shape index (κ2) is 6.10. The zero-order valence-electron chi connectivity index (χ0n) is 12.4. The van der Waals surface area contributed by atoms with Crippen molar-refractivity contribution in [3.05, 3.63) is 65.2 Å². The highest BCUT2D eigenvalue weighted by Gasteiger charge is 2.21. The Bertz CT molecular complexity index is 634. The second-order valence-electron chi connectivity index (χ2n) is 5.79. The van der Waals surface area contributed by atoms with Crippen molar-refractivity contribution in [2.75, 3.05) is 18.4 Å². The number of quaternary nitrogens is 1. The predicted molar refractivity (Wildman–Crippen MR) is 84.4 cm³/mol. The van der Waals surface area contributed by atoms with E-state index in [0.29, 0.717) is 6.54 Å². The number of fused-ring (bicyclic) bond motifs is 1. The normalized spacial score (nSPS) is 17.1. The Morgan fingerprint density at radius 2 is 1.81 bits per heavy atom. The molecule has 1 aliphatic heterocycles. The molecule has 0 bridgehead atoms. The third-order valence-corrected chi connectivity index (χ3v) is 4.05. The molecule has 1 amide bonds. The summed E-state index contributed by atoms with van der Waals surface area (Å²) >= 11 is 0. The van der Waals surface area contributed by atoms with Crippen molar-refractivity contribution in [2.24, 2.45) is 0 Å². The van der Waals surface area contributed by atoms with Crippen LogP contribution in [0.2, 0.25) is 0 Å². The third-order valence-electron chi connectivity index (χ3n) is 4.05. The number of hydrogen-bond acceptors (Lipinski definition) is 1. The first-order valence-electron chi connectivity index (χ1n) is 7.47. The summed E-state index contributed by atoms with van der Waals surface area (Å²) in [6.45, 7) is 4.54. The molecule has 0 saturated carbocycles. The average Bonchev–Trinajstić information content (AvgIpc) is 2.49. The van der Waals surface area contributed by atoms with E-state index in [4.69, 9.17) is 0 Å². The number of nitrogens with one attached hydrogen (secondary N) is 2. The van der Waals surface area contributed by atoms with Crippen LogP contribution in [0.15, 0.2) is 48.5 Å². The van der Waals surface area contributed by atoms with E-state index >= 15 is 0 Å². The maximum Gasteiger partial charge on any atom is 0.279 e. The zero-order valence-corrected chi connectivity index (χ0v) is 12.4. The predicted octanol–water partition coefficient (Wildman–Crippen LogP) is 1.57. The summed E-state index contributed by atoms with van der Waals surface area (Å²) in [5.74, 6) is 0.0910. The quantitative estimate of drug-likeness (QED) is 0.880. The Labute approximate surface area is 125 Å². The fraction of sp³-hybridized carbons (Fsp3) is 0.278. The third kappa shape index (κ3) is 3.50. The molecule has 108 valence electrons. The first-order valence-corrected chi connectivity index (χ1v) is 7.47. The van der Waals surface area contributed by atoms with Crippen molar-refractivity contribution >= 4 is 11.6 Å². The number of aryl methyl sites for hydroxylation is 1. The maximum atomic E-state index is 12.1. The fourth-order valence-electron chi connectivity index (χ4n) is 2.86. The first-order chi connectivity index (χ1) is 10.2. The van der Waals surface area contributed by atoms with E-state index in [2.05, 4.69) is 29.6 Å². The largest absolute Gasteiger partial charge is 0.323 e. The number of amides is 1. The molecule has 0 fully saturated rings. The summed E-state index contributed by atoms with van der Waals surface area (Å²) in [5, 5.41) is 2.98. The van der Waals surface area contributed by atoms with Gasteiger partial charge in [0.05, 0.1) is 6.54 Å². The molecule has 3 rings (SSSR count). The molecule has 2 aromatic carbocycles. The Balaban J connectivity index is 1.57. The monoisotopic (exact) mass is 281 g/mol. The Morgan fingerprint density at radius 1 is 1.10 bits per heavy atom. The number of benzene rings is 2. The van der Waals surface area contributed by atoms with Crippen molar-refractivity contribution < 1.29 is 9.69 Å². The highest BCUT2D eigenvalue weighted by Crippen LogP contribution is 2.10. The van der Waals surface area contributed by atoms with Gasteiger partial charge in [0.1, 0.15) is 6.54 Å². The molecule has 2 aromatic rings. The lowest BCUT2D eigenvalue weighted by Gasteiger charge is -2.25. The van der Waals surface area contributed by atoms with Crippen molar-refractivity contribution in [1.29, 1.82) is 0 Å². The minimum atomic E-state index is 0.0910. The molecule has 0 aliphatic carbocycles. The van der Waals surface area contributed by atoms with Crippen LogP contribution in [0.5, 0.6) is 0 Å². The topological polar surface area (TPSA) is 33.5 Å². The van der Waals surface area contributed by atoms with Crippen LogP contribution in [0.25, 0.3) is 0 Å². The number of rotatable bonds is 3. The summed E-state index contributed by atoms with van der Waals surface area (Å²) < 4.78 is 0. The highest BCUT2D eigenvalue weighted by molar-refractivity contribution is 5.91. The SMILES string of the molecule is Cc1ccc(NC(=O)C[NH+]2CCc3ccccc3C2)cc1. The molecule has 3 heteroatoms. The van der Waals surface area contributed by atoms with Crippen LogP contribution in [-0.2, 0) is 17.8 Å². The van der Waals surface area contributed by atoms with Gasteiger partial charge in [-0.15, -0.1) is 0 Å². The van der Waals surface area contributed by atoms with Crippen molar-refractivity contribution in [2.45, 2.75) is 19.9 Å². The van der Waals surface area contributed by atoms with Crippen LogP contribution < -0.4 is 10.2 Å². The number of carbonyl (C=O) groups is 1. The number of carbonyl (C=O) groups excluding carboxylic acids is 1. The van der Waals surface area contributed by atoms with E-state index in [1.54, 1.807) is 0 Å². The lowest BCUT2D eigenvalue weighted by atomic mass is 10.00. The maximum absolute atomic E-state index is 12.1. The van der Waals surface area contributed by atoms with Gasteiger partial charge in [0, 0.05) is 17.7 Å². The Kier molecular flexibility index (Phi) is 4.02. The van der Waals surface area contributed by atoms with Crippen LogP contribution in [0.1, 0.15) is 16.7 Å². The van der Waals surface area contributed by atoms with E-state index < -0.39 is 0 Å². The van der Waals surface area contributed by atoms with Gasteiger partial charge in [-0.25, -0.2) is 0 Å². The van der Waals surface area contributed by atoms with Gasteiger partial charge < -0.3 is 10.2 Å². The Morgan fingerprint density at radius 3 is 2.57 bits per heavy atom. The molecule has 1 aliphatic rings. The van der Waals surface area contributed by atoms with Gasteiger partial charge in [-0.2, -0.15) is 0 Å². The molecule has 3 nitrogen and oxygen atoms in total. The van der Waals surface area contributed by atoms with Crippen LogP contribution >= 0.6 is 0 Å². The molecular weight excluding hydrogens is 260 g/mol. The van der Waals surface area contributed by atoms with Gasteiger partial charge in [-0.1, -0.05) is 42.0 Å². The lowest BCUT2D eigenvalue weighted by molar-refractivity contribution is -0.907. The minimum Gasteiger partial charge on any atom is -0.323 e. The summed E-state index contributed by atoms with van der Waals surface area (Å²) in [6.07, 6.45) is 1.06. The molecule has 1 atom stereocenters. The lowest BCUT2D eigenvalue weighted by Crippen LogP contribution is -3.12. The van der Waals surface area contributed by atoms with Crippen LogP contribution in [0.3, 0.4) is 0 Å². The zero-order chi connectivity index (χ0) is 14.7. The van der Waals surface area contributed by atoms with E-state index in [1.807, 2.05) is 31.2 Å².